The fraction of sp³-hybridized carbons (Fsp3) is 0.909. The molecule has 2 saturated carbocycles. The molecule has 4 atom stereocenters. The fourth-order valence-corrected chi connectivity index (χ4v) is 3.83. The molecule has 0 N–H and O–H groups in total. The highest BCUT2D eigenvalue weighted by Gasteiger charge is 2.55. The summed E-state index contributed by atoms with van der Waals surface area (Å²) in [5.41, 5.74) is 0. The molecule has 0 unspecified atom stereocenters. The van der Waals surface area contributed by atoms with Gasteiger partial charge in [0, 0.05) is 12.6 Å². The van der Waals surface area contributed by atoms with E-state index in [1.807, 2.05) is 11.8 Å². The van der Waals surface area contributed by atoms with E-state index in [0.717, 1.165) is 24.3 Å². The van der Waals surface area contributed by atoms with E-state index in [4.69, 9.17) is 4.74 Å². The molecule has 3 aliphatic rings. The molecule has 14 heavy (non-hydrogen) atoms. The van der Waals surface area contributed by atoms with Gasteiger partial charge in [-0.1, -0.05) is 0 Å². The average molecular weight is 195 g/mol. The van der Waals surface area contributed by atoms with Crippen molar-refractivity contribution < 1.29 is 9.53 Å². The van der Waals surface area contributed by atoms with Gasteiger partial charge in [0.25, 0.3) is 0 Å². The van der Waals surface area contributed by atoms with Crippen LogP contribution in [-0.4, -0.2) is 30.2 Å². The zero-order valence-electron chi connectivity index (χ0n) is 8.61. The monoisotopic (exact) mass is 195 g/mol. The highest BCUT2D eigenvalue weighted by molar-refractivity contribution is 5.68. The Kier molecular flexibility index (Phi) is 1.76. The molecule has 2 aliphatic carbocycles. The third-order valence-corrected chi connectivity index (χ3v) is 4.25. The van der Waals surface area contributed by atoms with E-state index in [2.05, 4.69) is 0 Å². The fourth-order valence-electron chi connectivity index (χ4n) is 3.83. The summed E-state index contributed by atoms with van der Waals surface area (Å²) in [5, 5.41) is 0. The summed E-state index contributed by atoms with van der Waals surface area (Å²) >= 11 is 0. The SMILES string of the molecule is CCOC(=O)N1C[C@@H]2C[C@@H]3C[C@@H]2[C@H]1C3. The number of carbonyl (C=O) groups is 1. The molecule has 1 heterocycles. The van der Waals surface area contributed by atoms with E-state index in [-0.39, 0.29) is 6.09 Å². The molecule has 0 radical (unpaired) electrons. The molecule has 78 valence electrons. The third-order valence-electron chi connectivity index (χ3n) is 4.25. The van der Waals surface area contributed by atoms with E-state index >= 15 is 0 Å². The van der Waals surface area contributed by atoms with Gasteiger partial charge in [-0.05, 0) is 43.9 Å². The first kappa shape index (κ1) is 8.57. The lowest BCUT2D eigenvalue weighted by Crippen LogP contribution is -2.36. The number of amides is 1. The zero-order chi connectivity index (χ0) is 9.71. The minimum Gasteiger partial charge on any atom is -0.450 e. The molecule has 2 bridgehead atoms. The highest BCUT2D eigenvalue weighted by atomic mass is 16.6. The van der Waals surface area contributed by atoms with Crippen LogP contribution in [0.5, 0.6) is 0 Å². The summed E-state index contributed by atoms with van der Waals surface area (Å²) < 4.78 is 5.09. The van der Waals surface area contributed by atoms with Crippen LogP contribution in [0.2, 0.25) is 0 Å². The predicted octanol–water partition coefficient (Wildman–Crippen LogP) is 1.87. The molecule has 0 spiro atoms. The van der Waals surface area contributed by atoms with Gasteiger partial charge in [0.2, 0.25) is 0 Å². The molecular weight excluding hydrogens is 178 g/mol. The molecule has 1 amide bonds. The van der Waals surface area contributed by atoms with Crippen molar-refractivity contribution in [2.24, 2.45) is 17.8 Å². The molecule has 1 aliphatic heterocycles. The van der Waals surface area contributed by atoms with Gasteiger partial charge in [-0.15, -0.1) is 0 Å². The van der Waals surface area contributed by atoms with E-state index in [1.54, 1.807) is 0 Å². The molecule has 0 aromatic carbocycles. The van der Waals surface area contributed by atoms with Crippen LogP contribution in [-0.2, 0) is 4.74 Å². The van der Waals surface area contributed by atoms with Crippen molar-refractivity contribution in [3.63, 3.8) is 0 Å². The second kappa shape index (κ2) is 2.88. The highest BCUT2D eigenvalue weighted by Crippen LogP contribution is 2.54. The Balaban J connectivity index is 1.75. The summed E-state index contributed by atoms with van der Waals surface area (Å²) in [7, 11) is 0. The largest absolute Gasteiger partial charge is 0.450 e. The molecule has 3 nitrogen and oxygen atoms in total. The number of rotatable bonds is 1. The summed E-state index contributed by atoms with van der Waals surface area (Å²) in [6.07, 6.45) is 3.88. The van der Waals surface area contributed by atoms with Crippen LogP contribution in [0.4, 0.5) is 4.79 Å². The molecule has 0 aromatic heterocycles. The Morgan fingerprint density at radius 1 is 1.43 bits per heavy atom. The second-order valence-electron chi connectivity index (χ2n) is 4.92. The van der Waals surface area contributed by atoms with Crippen LogP contribution in [0.15, 0.2) is 0 Å². The average Bonchev–Trinajstić information content (AvgIpc) is 2.73. The van der Waals surface area contributed by atoms with Crippen molar-refractivity contribution in [2.45, 2.75) is 32.2 Å². The number of nitrogens with zero attached hydrogens (tertiary/aromatic N) is 1. The molecule has 1 saturated heterocycles. The minimum absolute atomic E-state index is 0.0763. The van der Waals surface area contributed by atoms with E-state index < -0.39 is 0 Å². The normalized spacial score (nSPS) is 43.4. The lowest BCUT2D eigenvalue weighted by atomic mass is 9.90. The van der Waals surface area contributed by atoms with Gasteiger partial charge in [-0.2, -0.15) is 0 Å². The Bertz CT molecular complexity index is 264. The molecule has 3 heteroatoms. The first-order chi connectivity index (χ1) is 6.79. The molecule has 3 fully saturated rings. The smallest absolute Gasteiger partial charge is 0.410 e. The van der Waals surface area contributed by atoms with Crippen molar-refractivity contribution in [1.82, 2.24) is 4.90 Å². The Hall–Kier alpha value is -0.730. The third kappa shape index (κ3) is 1.01. The van der Waals surface area contributed by atoms with Gasteiger partial charge < -0.3 is 9.64 Å². The molecule has 3 rings (SSSR count). The molecular formula is C11H17NO2. The number of carbonyl (C=O) groups excluding carboxylic acids is 1. The number of likely N-dealkylation sites (tertiary alicyclic amines) is 1. The second-order valence-corrected chi connectivity index (χ2v) is 4.92. The van der Waals surface area contributed by atoms with Crippen LogP contribution < -0.4 is 0 Å². The van der Waals surface area contributed by atoms with Crippen molar-refractivity contribution in [2.75, 3.05) is 13.2 Å². The van der Waals surface area contributed by atoms with E-state index in [1.165, 1.54) is 19.3 Å². The topological polar surface area (TPSA) is 29.5 Å². The Labute approximate surface area is 84.4 Å². The summed E-state index contributed by atoms with van der Waals surface area (Å²) in [5.74, 6) is 2.52. The number of fused-ring (bicyclic) bond motifs is 1. The number of hydrogen-bond acceptors (Lipinski definition) is 2. The Morgan fingerprint density at radius 3 is 2.93 bits per heavy atom. The lowest BCUT2D eigenvalue weighted by molar-refractivity contribution is 0.101. The van der Waals surface area contributed by atoms with E-state index in [9.17, 15) is 4.79 Å². The van der Waals surface area contributed by atoms with Crippen LogP contribution in [0, 0.1) is 17.8 Å². The maximum absolute atomic E-state index is 11.7. The van der Waals surface area contributed by atoms with Crippen molar-refractivity contribution in [3.8, 4) is 0 Å². The first-order valence-corrected chi connectivity index (χ1v) is 5.73. The maximum atomic E-state index is 11.7. The van der Waals surface area contributed by atoms with Gasteiger partial charge in [0.05, 0.1) is 6.61 Å². The van der Waals surface area contributed by atoms with Crippen molar-refractivity contribution >= 4 is 6.09 Å². The minimum atomic E-state index is -0.0763. The zero-order valence-corrected chi connectivity index (χ0v) is 8.61. The summed E-state index contributed by atoms with van der Waals surface area (Å²) in [4.78, 5) is 13.6. The van der Waals surface area contributed by atoms with E-state index in [0.29, 0.717) is 12.6 Å². The van der Waals surface area contributed by atoms with Crippen LogP contribution in [0.1, 0.15) is 26.2 Å². The van der Waals surface area contributed by atoms with Crippen LogP contribution >= 0.6 is 0 Å². The van der Waals surface area contributed by atoms with Gasteiger partial charge in [-0.3, -0.25) is 0 Å². The number of hydrogen-bond donors (Lipinski definition) is 0. The Morgan fingerprint density at radius 2 is 2.29 bits per heavy atom. The van der Waals surface area contributed by atoms with Gasteiger partial charge in [-0.25, -0.2) is 4.79 Å². The lowest BCUT2D eigenvalue weighted by Gasteiger charge is -2.23. The standard InChI is InChI=1S/C11H17NO2/c1-2-14-11(13)12-6-8-3-7-4-9(8)10(12)5-7/h7-10H,2-6H2,1H3/t7-,8+,9+,10-/m1/s1. The van der Waals surface area contributed by atoms with Crippen LogP contribution in [0.25, 0.3) is 0 Å². The van der Waals surface area contributed by atoms with Crippen LogP contribution in [0.3, 0.4) is 0 Å². The first-order valence-electron chi connectivity index (χ1n) is 5.73. The quantitative estimate of drug-likeness (QED) is 0.639. The maximum Gasteiger partial charge on any atom is 0.410 e. The summed E-state index contributed by atoms with van der Waals surface area (Å²) in [6.45, 7) is 3.34. The van der Waals surface area contributed by atoms with Crippen molar-refractivity contribution in [3.05, 3.63) is 0 Å². The molecule has 0 aromatic rings. The van der Waals surface area contributed by atoms with Gasteiger partial charge in [0.15, 0.2) is 0 Å². The van der Waals surface area contributed by atoms with Gasteiger partial charge >= 0.3 is 6.09 Å². The number of ether oxygens (including phenoxy) is 1. The van der Waals surface area contributed by atoms with Crippen molar-refractivity contribution in [1.29, 1.82) is 0 Å². The summed E-state index contributed by atoms with van der Waals surface area (Å²) in [6, 6.07) is 0.526. The predicted molar refractivity (Wildman–Crippen MR) is 51.8 cm³/mol. The van der Waals surface area contributed by atoms with Gasteiger partial charge in [0.1, 0.15) is 0 Å².